The molecular formula is C21H17FN2O. The summed E-state index contributed by atoms with van der Waals surface area (Å²) in [5.74, 6) is 0.471. The Morgan fingerprint density at radius 2 is 1.80 bits per heavy atom. The predicted molar refractivity (Wildman–Crippen MR) is 98.7 cm³/mol. The first-order valence-corrected chi connectivity index (χ1v) is 8.18. The number of hydrogen-bond acceptors (Lipinski definition) is 3. The number of benzene rings is 3. The minimum Gasteiger partial charge on any atom is -0.456 e. The van der Waals surface area contributed by atoms with Crippen LogP contribution in [0.4, 0.5) is 10.1 Å². The summed E-state index contributed by atoms with van der Waals surface area (Å²) in [7, 11) is 0. The Labute approximate surface area is 144 Å². The zero-order valence-electron chi connectivity index (χ0n) is 13.8. The second-order valence-corrected chi connectivity index (χ2v) is 5.89. The van der Waals surface area contributed by atoms with E-state index in [4.69, 9.17) is 10.2 Å². The monoisotopic (exact) mass is 332 g/mol. The maximum absolute atomic E-state index is 13.4. The van der Waals surface area contributed by atoms with Crippen molar-refractivity contribution < 1.29 is 8.81 Å². The van der Waals surface area contributed by atoms with Crippen LogP contribution >= 0.6 is 0 Å². The van der Waals surface area contributed by atoms with Crippen LogP contribution in [-0.2, 0) is 0 Å². The van der Waals surface area contributed by atoms with E-state index in [0.29, 0.717) is 17.8 Å². The zero-order chi connectivity index (χ0) is 17.4. The van der Waals surface area contributed by atoms with Crippen LogP contribution in [0.2, 0.25) is 0 Å². The fraction of sp³-hybridized carbons (Fsp3) is 0.0952. The van der Waals surface area contributed by atoms with Gasteiger partial charge in [-0.15, -0.1) is 0 Å². The summed E-state index contributed by atoms with van der Waals surface area (Å²) in [5.41, 5.74) is 10.1. The van der Waals surface area contributed by atoms with E-state index in [1.807, 2.05) is 43.3 Å². The van der Waals surface area contributed by atoms with Gasteiger partial charge in [-0.25, -0.2) is 4.39 Å². The molecule has 4 heteroatoms. The highest BCUT2D eigenvalue weighted by molar-refractivity contribution is 6.02. The van der Waals surface area contributed by atoms with Crippen molar-refractivity contribution >= 4 is 16.7 Å². The number of nitrogens with zero attached hydrogens (tertiary/aromatic N) is 1. The highest BCUT2D eigenvalue weighted by Gasteiger charge is 2.17. The molecular weight excluding hydrogens is 315 g/mol. The Morgan fingerprint density at radius 1 is 1.00 bits per heavy atom. The summed E-state index contributed by atoms with van der Waals surface area (Å²) in [5, 5.41) is 1.81. The first kappa shape index (κ1) is 15.4. The van der Waals surface area contributed by atoms with Gasteiger partial charge in [-0.2, -0.15) is 0 Å². The average molecular weight is 332 g/mol. The Hall–Kier alpha value is -3.14. The molecule has 4 rings (SSSR count). The third kappa shape index (κ3) is 2.76. The van der Waals surface area contributed by atoms with Gasteiger partial charge in [-0.05, 0) is 48.9 Å². The molecule has 2 aromatic carbocycles. The van der Waals surface area contributed by atoms with Crippen molar-refractivity contribution in [3.63, 3.8) is 0 Å². The molecule has 0 atom stereocenters. The highest BCUT2D eigenvalue weighted by Crippen LogP contribution is 2.40. The van der Waals surface area contributed by atoms with E-state index in [-0.39, 0.29) is 5.82 Å². The minimum atomic E-state index is -0.258. The molecule has 2 N–H and O–H groups in total. The lowest BCUT2D eigenvalue weighted by molar-refractivity contribution is 0.619. The van der Waals surface area contributed by atoms with Crippen molar-refractivity contribution in [2.45, 2.75) is 6.92 Å². The van der Waals surface area contributed by atoms with E-state index in [0.717, 1.165) is 33.2 Å². The molecule has 0 amide bonds. The van der Waals surface area contributed by atoms with Crippen LogP contribution in [0.3, 0.4) is 0 Å². The summed E-state index contributed by atoms with van der Waals surface area (Å²) in [4.78, 5) is 4.43. The molecule has 1 heterocycles. The largest absolute Gasteiger partial charge is 0.456 e. The molecule has 1 aliphatic carbocycles. The van der Waals surface area contributed by atoms with Crippen LogP contribution in [0.1, 0.15) is 6.92 Å². The van der Waals surface area contributed by atoms with E-state index in [9.17, 15) is 4.39 Å². The molecule has 3 nitrogen and oxygen atoms in total. The minimum absolute atomic E-state index is 0.258. The maximum Gasteiger partial charge on any atom is 0.137 e. The fourth-order valence-corrected chi connectivity index (χ4v) is 3.10. The number of rotatable bonds is 2. The van der Waals surface area contributed by atoms with Crippen LogP contribution < -0.4 is 11.1 Å². The molecule has 0 saturated heterocycles. The Morgan fingerprint density at radius 3 is 2.56 bits per heavy atom. The second kappa shape index (κ2) is 6.06. The number of anilines is 1. The van der Waals surface area contributed by atoms with Crippen molar-refractivity contribution in [1.82, 2.24) is 0 Å². The number of hydrogen-bond donors (Lipinski definition) is 1. The number of halogens is 1. The van der Waals surface area contributed by atoms with Gasteiger partial charge in [0.25, 0.3) is 0 Å². The third-order valence-electron chi connectivity index (χ3n) is 4.20. The summed E-state index contributed by atoms with van der Waals surface area (Å²) >= 11 is 0. The van der Waals surface area contributed by atoms with Crippen LogP contribution in [0.5, 0.6) is 0 Å². The molecule has 0 fully saturated rings. The van der Waals surface area contributed by atoms with E-state index in [2.05, 4.69) is 4.99 Å². The molecule has 0 aromatic heterocycles. The van der Waals surface area contributed by atoms with Crippen LogP contribution in [0.25, 0.3) is 33.4 Å². The van der Waals surface area contributed by atoms with Gasteiger partial charge in [0.2, 0.25) is 0 Å². The Balaban J connectivity index is 2.12. The highest BCUT2D eigenvalue weighted by atomic mass is 19.1. The van der Waals surface area contributed by atoms with Crippen molar-refractivity contribution in [1.29, 1.82) is 0 Å². The Kier molecular flexibility index (Phi) is 3.73. The molecule has 0 bridgehead atoms. The van der Waals surface area contributed by atoms with Gasteiger partial charge in [0.05, 0.1) is 5.36 Å². The lowest BCUT2D eigenvalue weighted by Gasteiger charge is -2.15. The smallest absolute Gasteiger partial charge is 0.137 e. The van der Waals surface area contributed by atoms with E-state index >= 15 is 0 Å². The average Bonchev–Trinajstić information content (AvgIpc) is 2.60. The van der Waals surface area contributed by atoms with Crippen molar-refractivity contribution in [2.24, 2.45) is 4.99 Å². The summed E-state index contributed by atoms with van der Waals surface area (Å²) in [6.07, 6.45) is 0. The van der Waals surface area contributed by atoms with Gasteiger partial charge in [-0.1, -0.05) is 12.1 Å². The Bertz CT molecular complexity index is 1100. The zero-order valence-corrected chi connectivity index (χ0v) is 13.8. The molecule has 2 aromatic rings. The maximum atomic E-state index is 13.4. The van der Waals surface area contributed by atoms with Gasteiger partial charge in [0.15, 0.2) is 0 Å². The lowest BCUT2D eigenvalue weighted by atomic mass is 9.93. The molecule has 124 valence electrons. The normalized spacial score (nSPS) is 12.2. The van der Waals surface area contributed by atoms with E-state index in [1.165, 1.54) is 12.1 Å². The molecule has 0 spiro atoms. The molecule has 0 unspecified atom stereocenters. The topological polar surface area (TPSA) is 51.5 Å². The first-order chi connectivity index (χ1) is 12.2. The molecule has 25 heavy (non-hydrogen) atoms. The summed E-state index contributed by atoms with van der Waals surface area (Å²) in [6.45, 7) is 2.70. The third-order valence-corrected chi connectivity index (χ3v) is 4.20. The summed E-state index contributed by atoms with van der Waals surface area (Å²) < 4.78 is 19.5. The number of nitrogen functional groups attached to an aromatic ring is 1. The standard InChI is InChI=1S/C21H17FN2O/c1-2-24-16-8-10-18-20(12-16)25-19-11-15(23)7-9-17(19)21(18)13-3-5-14(22)6-4-13/h3-12H,2,23H2,1H3. The van der Waals surface area contributed by atoms with Gasteiger partial charge in [0, 0.05) is 40.9 Å². The summed E-state index contributed by atoms with van der Waals surface area (Å²) in [6, 6.07) is 18.0. The van der Waals surface area contributed by atoms with Crippen LogP contribution in [0, 0.1) is 5.82 Å². The van der Waals surface area contributed by atoms with Crippen LogP contribution in [-0.4, -0.2) is 6.54 Å². The molecule has 0 radical (unpaired) electrons. The van der Waals surface area contributed by atoms with E-state index in [1.54, 1.807) is 12.1 Å². The van der Waals surface area contributed by atoms with Crippen molar-refractivity contribution in [3.05, 3.63) is 71.8 Å². The number of nitrogens with two attached hydrogens (primary N) is 1. The molecule has 1 aliphatic heterocycles. The van der Waals surface area contributed by atoms with Crippen molar-refractivity contribution in [3.8, 4) is 22.5 Å². The lowest BCUT2D eigenvalue weighted by Crippen LogP contribution is -2.03. The molecule has 0 saturated carbocycles. The molecule has 2 aliphatic rings. The van der Waals surface area contributed by atoms with Gasteiger partial charge >= 0.3 is 0 Å². The SMILES string of the molecule is CCN=c1ccc2c(-c3ccc(F)cc3)c3ccc(N)cc3oc-2c1. The van der Waals surface area contributed by atoms with Crippen molar-refractivity contribution in [2.75, 3.05) is 12.3 Å². The fourth-order valence-electron chi connectivity index (χ4n) is 3.10. The quantitative estimate of drug-likeness (QED) is 0.421. The van der Waals surface area contributed by atoms with Gasteiger partial charge in [0.1, 0.15) is 17.2 Å². The van der Waals surface area contributed by atoms with Crippen LogP contribution in [0.15, 0.2) is 70.1 Å². The van der Waals surface area contributed by atoms with Gasteiger partial charge < -0.3 is 10.2 Å². The second-order valence-electron chi connectivity index (χ2n) is 5.89. The first-order valence-electron chi connectivity index (χ1n) is 8.18. The number of fused-ring (bicyclic) bond motifs is 2. The predicted octanol–water partition coefficient (Wildman–Crippen LogP) is 4.85. The van der Waals surface area contributed by atoms with Gasteiger partial charge in [-0.3, -0.25) is 4.99 Å². The van der Waals surface area contributed by atoms with E-state index < -0.39 is 0 Å².